The summed E-state index contributed by atoms with van der Waals surface area (Å²) in [7, 11) is 1.67. The largest absolute Gasteiger partial charge is 0.485 e. The molecule has 0 aromatic heterocycles. The fourth-order valence-corrected chi connectivity index (χ4v) is 2.50. The molecule has 1 aromatic rings. The fraction of sp³-hybridized carbons (Fsp3) is 0.538. The van der Waals surface area contributed by atoms with Crippen molar-refractivity contribution in [2.45, 2.75) is 25.0 Å². The summed E-state index contributed by atoms with van der Waals surface area (Å²) in [6.45, 7) is 1.55. The molecule has 1 aliphatic heterocycles. The Morgan fingerprint density at radius 2 is 2.28 bits per heavy atom. The summed E-state index contributed by atoms with van der Waals surface area (Å²) in [6.07, 6.45) is 2.21. The van der Waals surface area contributed by atoms with Crippen molar-refractivity contribution in [3.8, 4) is 5.75 Å². The van der Waals surface area contributed by atoms with Gasteiger partial charge in [-0.2, -0.15) is 0 Å². The Bertz CT molecular complexity index is 395. The second kappa shape index (κ2) is 6.62. The molecule has 0 aliphatic carbocycles. The van der Waals surface area contributed by atoms with Crippen LogP contribution in [0.5, 0.6) is 5.75 Å². The number of hydrogen-bond acceptors (Lipinski definition) is 3. The molecule has 2 atom stereocenters. The predicted octanol–water partition coefficient (Wildman–Crippen LogP) is 3.14. The Labute approximate surface area is 117 Å². The zero-order chi connectivity index (χ0) is 13.0. The van der Waals surface area contributed by atoms with Gasteiger partial charge < -0.3 is 14.8 Å². The first-order valence-electron chi connectivity index (χ1n) is 6.05. The molecule has 0 bridgehead atoms. The lowest BCUT2D eigenvalue weighted by Crippen LogP contribution is -2.41. The number of rotatable bonds is 5. The van der Waals surface area contributed by atoms with E-state index in [4.69, 9.17) is 32.7 Å². The van der Waals surface area contributed by atoms with Gasteiger partial charge in [-0.3, -0.25) is 0 Å². The van der Waals surface area contributed by atoms with E-state index in [-0.39, 0.29) is 6.10 Å². The van der Waals surface area contributed by atoms with Crippen LogP contribution in [0, 0.1) is 0 Å². The molecule has 1 N–H and O–H groups in total. The smallest absolute Gasteiger partial charge is 0.140 e. The van der Waals surface area contributed by atoms with E-state index in [9.17, 15) is 0 Å². The van der Waals surface area contributed by atoms with E-state index in [1.54, 1.807) is 13.2 Å². The molecule has 2 unspecified atom stereocenters. The average molecular weight is 290 g/mol. The quantitative estimate of drug-likeness (QED) is 0.903. The third-order valence-corrected chi connectivity index (χ3v) is 3.87. The van der Waals surface area contributed by atoms with E-state index in [2.05, 4.69) is 5.32 Å². The minimum atomic E-state index is -0.0477. The molecule has 2 rings (SSSR count). The Morgan fingerprint density at radius 3 is 2.94 bits per heavy atom. The van der Waals surface area contributed by atoms with Crippen molar-refractivity contribution in [2.24, 2.45) is 0 Å². The van der Waals surface area contributed by atoms with E-state index in [0.29, 0.717) is 28.4 Å². The van der Waals surface area contributed by atoms with Gasteiger partial charge in [0.05, 0.1) is 11.6 Å². The van der Waals surface area contributed by atoms with E-state index in [1.807, 2.05) is 12.1 Å². The minimum absolute atomic E-state index is 0.0477. The van der Waals surface area contributed by atoms with Gasteiger partial charge in [-0.25, -0.2) is 0 Å². The molecule has 100 valence electrons. The number of ether oxygens (including phenoxy) is 2. The highest BCUT2D eigenvalue weighted by Crippen LogP contribution is 2.32. The summed E-state index contributed by atoms with van der Waals surface area (Å²) in [5, 5.41) is 4.38. The maximum atomic E-state index is 6.13. The summed E-state index contributed by atoms with van der Waals surface area (Å²) in [5.74, 6) is 0.611. The van der Waals surface area contributed by atoms with Crippen LogP contribution in [0.3, 0.4) is 0 Å². The Morgan fingerprint density at radius 1 is 1.44 bits per heavy atom. The second-order valence-corrected chi connectivity index (χ2v) is 5.15. The standard InChI is InChI=1S/C13H17Cl2NO2/c1-17-8-12(10-5-3-7-16-10)18-11-6-2-4-9(14)13(11)15/h2,4,6,10,12,16H,3,5,7-8H2,1H3. The van der Waals surface area contributed by atoms with Gasteiger partial charge in [0.25, 0.3) is 0 Å². The van der Waals surface area contributed by atoms with Crippen molar-refractivity contribution in [3.63, 3.8) is 0 Å². The van der Waals surface area contributed by atoms with Gasteiger partial charge in [0.15, 0.2) is 0 Å². The van der Waals surface area contributed by atoms with Crippen molar-refractivity contribution in [3.05, 3.63) is 28.2 Å². The van der Waals surface area contributed by atoms with Gasteiger partial charge in [-0.05, 0) is 31.5 Å². The molecule has 0 amide bonds. The maximum absolute atomic E-state index is 6.13. The van der Waals surface area contributed by atoms with Crippen LogP contribution in [0.15, 0.2) is 18.2 Å². The van der Waals surface area contributed by atoms with Crippen LogP contribution in [0.4, 0.5) is 0 Å². The number of benzene rings is 1. The van der Waals surface area contributed by atoms with Gasteiger partial charge in [0.1, 0.15) is 16.9 Å². The molecule has 1 heterocycles. The van der Waals surface area contributed by atoms with Crippen LogP contribution in [0.1, 0.15) is 12.8 Å². The lowest BCUT2D eigenvalue weighted by molar-refractivity contribution is 0.0603. The second-order valence-electron chi connectivity index (χ2n) is 4.37. The molecular formula is C13H17Cl2NO2. The fourth-order valence-electron chi connectivity index (χ4n) is 2.16. The van der Waals surface area contributed by atoms with Gasteiger partial charge in [-0.15, -0.1) is 0 Å². The van der Waals surface area contributed by atoms with Crippen molar-refractivity contribution >= 4 is 23.2 Å². The number of nitrogens with one attached hydrogen (secondary N) is 1. The Hall–Kier alpha value is -0.480. The molecule has 1 aromatic carbocycles. The van der Waals surface area contributed by atoms with Crippen LogP contribution in [0.25, 0.3) is 0 Å². The summed E-state index contributed by atoms with van der Waals surface area (Å²) in [4.78, 5) is 0. The van der Waals surface area contributed by atoms with Crippen LogP contribution in [-0.2, 0) is 4.74 Å². The predicted molar refractivity (Wildman–Crippen MR) is 73.8 cm³/mol. The summed E-state index contributed by atoms with van der Waals surface area (Å²) >= 11 is 12.1. The van der Waals surface area contributed by atoms with Gasteiger partial charge in [0, 0.05) is 13.2 Å². The Kier molecular flexibility index (Phi) is 5.13. The van der Waals surface area contributed by atoms with Crippen molar-refractivity contribution in [2.75, 3.05) is 20.3 Å². The molecular weight excluding hydrogens is 273 g/mol. The molecule has 0 spiro atoms. The first-order valence-corrected chi connectivity index (χ1v) is 6.81. The van der Waals surface area contributed by atoms with Gasteiger partial charge >= 0.3 is 0 Å². The molecule has 1 saturated heterocycles. The molecule has 0 radical (unpaired) electrons. The highest BCUT2D eigenvalue weighted by molar-refractivity contribution is 6.42. The van der Waals surface area contributed by atoms with Crippen LogP contribution >= 0.6 is 23.2 Å². The highest BCUT2D eigenvalue weighted by atomic mass is 35.5. The number of hydrogen-bond donors (Lipinski definition) is 1. The molecule has 18 heavy (non-hydrogen) atoms. The van der Waals surface area contributed by atoms with Crippen LogP contribution < -0.4 is 10.1 Å². The van der Waals surface area contributed by atoms with Crippen molar-refractivity contribution in [1.29, 1.82) is 0 Å². The lowest BCUT2D eigenvalue weighted by atomic mass is 10.1. The molecule has 1 fully saturated rings. The lowest BCUT2D eigenvalue weighted by Gasteiger charge is -2.25. The number of methoxy groups -OCH3 is 1. The molecule has 3 nitrogen and oxygen atoms in total. The number of halogens is 2. The van der Waals surface area contributed by atoms with E-state index < -0.39 is 0 Å². The average Bonchev–Trinajstić information content (AvgIpc) is 2.88. The van der Waals surface area contributed by atoms with Crippen molar-refractivity contribution in [1.82, 2.24) is 5.32 Å². The summed E-state index contributed by atoms with van der Waals surface area (Å²) in [6, 6.07) is 5.71. The maximum Gasteiger partial charge on any atom is 0.140 e. The SMILES string of the molecule is COCC(Oc1cccc(Cl)c1Cl)C1CCCN1. The van der Waals surface area contributed by atoms with Crippen LogP contribution in [-0.4, -0.2) is 32.4 Å². The highest BCUT2D eigenvalue weighted by Gasteiger charge is 2.26. The normalized spacial score (nSPS) is 20.9. The van der Waals surface area contributed by atoms with Gasteiger partial charge in [-0.1, -0.05) is 29.3 Å². The summed E-state index contributed by atoms with van der Waals surface area (Å²) in [5.41, 5.74) is 0. The van der Waals surface area contributed by atoms with Crippen molar-refractivity contribution < 1.29 is 9.47 Å². The third-order valence-electron chi connectivity index (χ3n) is 3.07. The molecule has 0 saturated carbocycles. The molecule has 5 heteroatoms. The third kappa shape index (κ3) is 3.29. The Balaban J connectivity index is 2.10. The zero-order valence-electron chi connectivity index (χ0n) is 10.3. The minimum Gasteiger partial charge on any atom is -0.485 e. The monoisotopic (exact) mass is 289 g/mol. The van der Waals surface area contributed by atoms with Crippen LogP contribution in [0.2, 0.25) is 10.0 Å². The first kappa shape index (κ1) is 13.9. The van der Waals surface area contributed by atoms with E-state index in [1.165, 1.54) is 0 Å². The first-order chi connectivity index (χ1) is 8.72. The van der Waals surface area contributed by atoms with E-state index >= 15 is 0 Å². The summed E-state index contributed by atoms with van der Waals surface area (Å²) < 4.78 is 11.2. The molecule has 1 aliphatic rings. The topological polar surface area (TPSA) is 30.5 Å². The van der Waals surface area contributed by atoms with Gasteiger partial charge in [0.2, 0.25) is 0 Å². The zero-order valence-corrected chi connectivity index (χ0v) is 11.8. The van der Waals surface area contributed by atoms with E-state index in [0.717, 1.165) is 19.4 Å².